The lowest BCUT2D eigenvalue weighted by molar-refractivity contribution is 0.793. The van der Waals surface area contributed by atoms with Crippen molar-refractivity contribution in [1.82, 2.24) is 19.7 Å². The maximum atomic E-state index is 5.31. The predicted octanol–water partition coefficient (Wildman–Crippen LogP) is 0.664. The third-order valence-corrected chi connectivity index (χ3v) is 1.84. The molecule has 0 aliphatic rings. The molecule has 0 saturated heterocycles. The first kappa shape index (κ1) is 11.3. The number of nitrogens with two attached hydrogens (primary N) is 1. The van der Waals surface area contributed by atoms with E-state index in [1.54, 1.807) is 18.6 Å². The molecular weight excluding hydrogens is 190 g/mol. The van der Waals surface area contributed by atoms with Crippen molar-refractivity contribution in [2.24, 2.45) is 12.8 Å². The summed E-state index contributed by atoms with van der Waals surface area (Å²) < 4.78 is 1.90. The van der Waals surface area contributed by atoms with E-state index in [0.29, 0.717) is 6.54 Å². The quantitative estimate of drug-likeness (QED) is 0.742. The van der Waals surface area contributed by atoms with Gasteiger partial charge in [-0.1, -0.05) is 0 Å². The summed E-state index contributed by atoms with van der Waals surface area (Å²) in [6, 6.07) is 1.91. The van der Waals surface area contributed by atoms with E-state index in [9.17, 15) is 0 Å². The van der Waals surface area contributed by atoms with Gasteiger partial charge in [-0.2, -0.15) is 10.2 Å². The van der Waals surface area contributed by atoms with Gasteiger partial charge >= 0.3 is 0 Å². The zero-order valence-electron chi connectivity index (χ0n) is 8.96. The van der Waals surface area contributed by atoms with Crippen LogP contribution in [0.4, 0.5) is 0 Å². The van der Waals surface area contributed by atoms with Crippen LogP contribution in [0.25, 0.3) is 0 Å². The topological polar surface area (TPSA) is 69.6 Å². The summed E-state index contributed by atoms with van der Waals surface area (Å²) in [5, 5.41) is 7.23. The minimum atomic E-state index is 0.517. The molecule has 0 aliphatic carbocycles. The van der Waals surface area contributed by atoms with Gasteiger partial charge in [0.15, 0.2) is 0 Å². The summed E-state index contributed by atoms with van der Waals surface area (Å²) in [5.41, 5.74) is 6.46. The van der Waals surface area contributed by atoms with Gasteiger partial charge in [-0.3, -0.25) is 0 Å². The molecule has 0 fully saturated rings. The number of nitrogens with zero attached hydrogens (tertiary/aromatic N) is 4. The van der Waals surface area contributed by atoms with Crippen molar-refractivity contribution in [1.29, 1.82) is 0 Å². The third-order valence-electron chi connectivity index (χ3n) is 1.84. The maximum absolute atomic E-state index is 5.31. The smallest absolute Gasteiger partial charge is 0.122 e. The van der Waals surface area contributed by atoms with Crippen LogP contribution in [-0.2, 0) is 13.6 Å². The second-order valence-electron chi connectivity index (χ2n) is 3.08. The van der Waals surface area contributed by atoms with E-state index >= 15 is 0 Å². The van der Waals surface area contributed by atoms with Crippen molar-refractivity contribution in [3.05, 3.63) is 42.2 Å². The molecule has 0 aromatic carbocycles. The first-order valence-electron chi connectivity index (χ1n) is 4.63. The molecule has 0 bridgehead atoms. The molecule has 2 N–H and O–H groups in total. The van der Waals surface area contributed by atoms with E-state index < -0.39 is 0 Å². The molecule has 5 nitrogen and oxygen atoms in total. The number of rotatable bonds is 1. The van der Waals surface area contributed by atoms with E-state index in [4.69, 9.17) is 5.73 Å². The minimum absolute atomic E-state index is 0.517. The van der Waals surface area contributed by atoms with Gasteiger partial charge in [0.05, 0.1) is 12.7 Å². The highest BCUT2D eigenvalue weighted by Gasteiger charge is 1.90. The summed E-state index contributed by atoms with van der Waals surface area (Å²) in [4.78, 5) is 3.97. The fourth-order valence-electron chi connectivity index (χ4n) is 0.950. The van der Waals surface area contributed by atoms with Crippen LogP contribution >= 0.6 is 0 Å². The standard InChI is InChI=1S/C5H9N3.C5H6N2/c1-8-3-2-7-5(8)4-6;1-5-2-3-6-7-4-5/h2-3H,4,6H2,1H3;2-4H,1H3. The summed E-state index contributed by atoms with van der Waals surface area (Å²) in [7, 11) is 1.93. The Kier molecular flexibility index (Phi) is 4.43. The van der Waals surface area contributed by atoms with Crippen molar-refractivity contribution >= 4 is 0 Å². The number of hydrogen-bond acceptors (Lipinski definition) is 4. The molecule has 2 aromatic rings. The fourth-order valence-corrected chi connectivity index (χ4v) is 0.950. The molecule has 0 spiro atoms. The third kappa shape index (κ3) is 3.86. The summed E-state index contributed by atoms with van der Waals surface area (Å²) in [5.74, 6) is 0.921. The number of aromatic nitrogens is 4. The van der Waals surface area contributed by atoms with Crippen LogP contribution < -0.4 is 5.73 Å². The van der Waals surface area contributed by atoms with Gasteiger partial charge in [-0.05, 0) is 18.6 Å². The van der Waals surface area contributed by atoms with E-state index in [1.165, 1.54) is 0 Å². The lowest BCUT2D eigenvalue weighted by Gasteiger charge is -1.92. The van der Waals surface area contributed by atoms with E-state index in [-0.39, 0.29) is 0 Å². The molecule has 2 aromatic heterocycles. The van der Waals surface area contributed by atoms with Gasteiger partial charge in [-0.25, -0.2) is 4.98 Å². The van der Waals surface area contributed by atoms with Gasteiger partial charge in [0, 0.05) is 25.6 Å². The van der Waals surface area contributed by atoms with Gasteiger partial charge in [-0.15, -0.1) is 0 Å². The Morgan fingerprint density at radius 2 is 2.13 bits per heavy atom. The van der Waals surface area contributed by atoms with Crippen LogP contribution in [0, 0.1) is 6.92 Å². The summed E-state index contributed by atoms with van der Waals surface area (Å²) >= 11 is 0. The number of aryl methyl sites for hydroxylation is 2. The molecule has 2 heterocycles. The zero-order chi connectivity index (χ0) is 11.1. The molecule has 0 aliphatic heterocycles. The molecule has 0 amide bonds. The Bertz CT molecular complexity index is 382. The molecule has 0 saturated carbocycles. The molecule has 5 heteroatoms. The van der Waals surface area contributed by atoms with Gasteiger partial charge in [0.1, 0.15) is 5.82 Å². The average Bonchev–Trinajstić information content (AvgIpc) is 2.66. The number of hydrogen-bond donors (Lipinski definition) is 1. The van der Waals surface area contributed by atoms with Crippen LogP contribution in [0.15, 0.2) is 30.9 Å². The molecule has 0 radical (unpaired) electrons. The average molecular weight is 205 g/mol. The van der Waals surface area contributed by atoms with Crippen molar-refractivity contribution in [2.75, 3.05) is 0 Å². The zero-order valence-corrected chi connectivity index (χ0v) is 8.96. The Labute approximate surface area is 89.0 Å². The first-order chi connectivity index (χ1) is 7.24. The predicted molar refractivity (Wildman–Crippen MR) is 57.9 cm³/mol. The minimum Gasteiger partial charge on any atom is -0.337 e. The van der Waals surface area contributed by atoms with Gasteiger partial charge in [0.25, 0.3) is 0 Å². The molecule has 15 heavy (non-hydrogen) atoms. The highest BCUT2D eigenvalue weighted by Crippen LogP contribution is 1.89. The second kappa shape index (κ2) is 5.87. The maximum Gasteiger partial charge on any atom is 0.122 e. The van der Waals surface area contributed by atoms with Crippen LogP contribution in [0.2, 0.25) is 0 Å². The summed E-state index contributed by atoms with van der Waals surface area (Å²) in [6.07, 6.45) is 7.01. The number of imidazole rings is 1. The van der Waals surface area contributed by atoms with Gasteiger partial charge < -0.3 is 10.3 Å². The van der Waals surface area contributed by atoms with Crippen LogP contribution in [0.1, 0.15) is 11.4 Å². The SMILES string of the molecule is Cc1ccnnc1.Cn1ccnc1CN. The Morgan fingerprint density at radius 3 is 2.40 bits per heavy atom. The Balaban J connectivity index is 0.000000151. The molecule has 80 valence electrons. The Morgan fingerprint density at radius 1 is 1.33 bits per heavy atom. The largest absolute Gasteiger partial charge is 0.337 e. The van der Waals surface area contributed by atoms with Crippen LogP contribution in [0.3, 0.4) is 0 Å². The van der Waals surface area contributed by atoms with Crippen LogP contribution in [0.5, 0.6) is 0 Å². The van der Waals surface area contributed by atoms with Gasteiger partial charge in [0.2, 0.25) is 0 Å². The molecule has 0 unspecified atom stereocenters. The monoisotopic (exact) mass is 205 g/mol. The van der Waals surface area contributed by atoms with Crippen molar-refractivity contribution in [3.8, 4) is 0 Å². The Hall–Kier alpha value is -1.75. The highest BCUT2D eigenvalue weighted by atomic mass is 15.1. The van der Waals surface area contributed by atoms with Crippen molar-refractivity contribution in [3.63, 3.8) is 0 Å². The van der Waals surface area contributed by atoms with E-state index in [2.05, 4.69) is 15.2 Å². The normalized spacial score (nSPS) is 9.27. The second-order valence-corrected chi connectivity index (χ2v) is 3.08. The van der Waals surface area contributed by atoms with Crippen LogP contribution in [-0.4, -0.2) is 19.7 Å². The van der Waals surface area contributed by atoms with Crippen molar-refractivity contribution in [2.45, 2.75) is 13.5 Å². The summed E-state index contributed by atoms with van der Waals surface area (Å²) in [6.45, 7) is 2.50. The first-order valence-corrected chi connectivity index (χ1v) is 4.63. The van der Waals surface area contributed by atoms with E-state index in [1.807, 2.05) is 30.8 Å². The lowest BCUT2D eigenvalue weighted by atomic mass is 10.4. The highest BCUT2D eigenvalue weighted by molar-refractivity contribution is 5.00. The molecule has 2 rings (SSSR count). The fraction of sp³-hybridized carbons (Fsp3) is 0.300. The molecule has 0 atom stereocenters. The van der Waals surface area contributed by atoms with E-state index in [0.717, 1.165) is 11.4 Å². The van der Waals surface area contributed by atoms with Crippen molar-refractivity contribution < 1.29 is 0 Å². The lowest BCUT2D eigenvalue weighted by Crippen LogP contribution is -2.03. The molecular formula is C10H15N5.